The molecule has 3 atom stereocenters. The van der Waals surface area contributed by atoms with E-state index < -0.39 is 33.7 Å². The summed E-state index contributed by atoms with van der Waals surface area (Å²) in [5, 5.41) is 5.51. The number of amides is 3. The lowest BCUT2D eigenvalue weighted by molar-refractivity contribution is -0.152. The predicted molar refractivity (Wildman–Crippen MR) is 144 cm³/mol. The van der Waals surface area contributed by atoms with Gasteiger partial charge < -0.3 is 20.3 Å². The quantitative estimate of drug-likeness (QED) is 0.238. The van der Waals surface area contributed by atoms with Gasteiger partial charge in [0, 0.05) is 19.5 Å². The number of nitrogens with one attached hydrogen (secondary N) is 2. The van der Waals surface area contributed by atoms with Crippen molar-refractivity contribution in [1.82, 2.24) is 15.5 Å². The summed E-state index contributed by atoms with van der Waals surface area (Å²) in [6.45, 7) is 3.62. The number of hydrogen-bond donors (Lipinski definition) is 2. The Morgan fingerprint density at radius 3 is 2.51 bits per heavy atom. The van der Waals surface area contributed by atoms with Gasteiger partial charge in [0.2, 0.25) is 21.5 Å². The van der Waals surface area contributed by atoms with Crippen molar-refractivity contribution in [1.29, 1.82) is 0 Å². The molecule has 8 nitrogen and oxygen atoms in total. The summed E-state index contributed by atoms with van der Waals surface area (Å²) in [4.78, 5) is 52.4. The molecule has 3 amide bonds. The molecule has 2 rings (SSSR count). The van der Waals surface area contributed by atoms with Crippen molar-refractivity contribution in [3.8, 4) is 0 Å². The van der Waals surface area contributed by atoms with E-state index in [-0.39, 0.29) is 31.4 Å². The summed E-state index contributed by atoms with van der Waals surface area (Å²) in [5.41, 5.74) is 1.04. The lowest BCUT2D eigenvalue weighted by Gasteiger charge is -2.34. The van der Waals surface area contributed by atoms with Crippen molar-refractivity contribution in [2.24, 2.45) is 5.92 Å². The Bertz CT molecular complexity index is 953. The van der Waals surface area contributed by atoms with Gasteiger partial charge in [0.1, 0.15) is 18.7 Å². The molecular formula is C26H34Cl3N3O5. The predicted octanol–water partition coefficient (Wildman–Crippen LogP) is 3.73. The number of carbonyl (C=O) groups is 4. The Labute approximate surface area is 233 Å². The van der Waals surface area contributed by atoms with Crippen molar-refractivity contribution in [3.63, 3.8) is 0 Å². The number of ether oxygens (including phenoxy) is 1. The van der Waals surface area contributed by atoms with E-state index in [1.165, 1.54) is 4.90 Å². The fourth-order valence-corrected chi connectivity index (χ4v) is 4.16. The number of alkyl halides is 3. The second-order valence-corrected chi connectivity index (χ2v) is 11.5. The summed E-state index contributed by atoms with van der Waals surface area (Å²) >= 11 is 16.9. The molecule has 0 radical (unpaired) electrons. The van der Waals surface area contributed by atoms with E-state index in [9.17, 15) is 19.2 Å². The number of piperidine rings is 1. The van der Waals surface area contributed by atoms with Crippen molar-refractivity contribution in [3.05, 3.63) is 48.0 Å². The zero-order valence-corrected chi connectivity index (χ0v) is 23.3. The summed E-state index contributed by atoms with van der Waals surface area (Å²) < 4.78 is 3.36. The Hall–Kier alpha value is -2.29. The molecule has 1 aromatic carbocycles. The summed E-state index contributed by atoms with van der Waals surface area (Å²) in [7, 11) is 0. The number of likely N-dealkylation sites (tertiary alicyclic amines) is 1. The highest BCUT2D eigenvalue weighted by Gasteiger charge is 2.34. The van der Waals surface area contributed by atoms with E-state index in [0.717, 1.165) is 5.56 Å². The van der Waals surface area contributed by atoms with E-state index in [1.54, 1.807) is 19.1 Å². The molecule has 1 saturated heterocycles. The summed E-state index contributed by atoms with van der Waals surface area (Å²) in [5.74, 6) is -2.13. The fraction of sp³-hybridized carbons (Fsp3) is 0.538. The molecule has 0 aliphatic carbocycles. The van der Waals surface area contributed by atoms with Gasteiger partial charge in [-0.1, -0.05) is 77.3 Å². The minimum atomic E-state index is -1.71. The highest BCUT2D eigenvalue weighted by molar-refractivity contribution is 6.67. The third kappa shape index (κ3) is 11.3. The molecule has 1 aliphatic rings. The smallest absolute Gasteiger partial charge is 0.310 e. The lowest BCUT2D eigenvalue weighted by Crippen LogP contribution is -2.55. The number of halogens is 3. The van der Waals surface area contributed by atoms with Crippen LogP contribution in [-0.4, -0.2) is 64.2 Å². The van der Waals surface area contributed by atoms with E-state index in [1.807, 2.05) is 37.3 Å². The van der Waals surface area contributed by atoms with Crippen LogP contribution in [0.3, 0.4) is 0 Å². The van der Waals surface area contributed by atoms with Crippen molar-refractivity contribution < 1.29 is 23.9 Å². The molecule has 0 aromatic heterocycles. The first kappa shape index (κ1) is 30.9. The average Bonchev–Trinajstić information content (AvgIpc) is 2.88. The number of allylic oxidation sites excluding steroid dienone is 1. The Kier molecular flexibility index (Phi) is 12.7. The Morgan fingerprint density at radius 2 is 1.86 bits per heavy atom. The van der Waals surface area contributed by atoms with Gasteiger partial charge in [-0.15, -0.1) is 0 Å². The van der Waals surface area contributed by atoms with Crippen LogP contribution >= 0.6 is 34.8 Å². The first-order valence-corrected chi connectivity index (χ1v) is 13.4. The van der Waals surface area contributed by atoms with Crippen molar-refractivity contribution >= 4 is 58.5 Å². The maximum atomic E-state index is 13.1. The van der Waals surface area contributed by atoms with Crippen LogP contribution in [0.1, 0.15) is 45.1 Å². The van der Waals surface area contributed by atoms with Crippen LogP contribution in [-0.2, 0) is 30.3 Å². The van der Waals surface area contributed by atoms with Gasteiger partial charge in [-0.2, -0.15) is 0 Å². The van der Waals surface area contributed by atoms with Crippen LogP contribution in [0.15, 0.2) is 42.5 Å². The van der Waals surface area contributed by atoms with E-state index >= 15 is 0 Å². The lowest BCUT2D eigenvalue weighted by atomic mass is 9.97. The second-order valence-electron chi connectivity index (χ2n) is 8.99. The van der Waals surface area contributed by atoms with Crippen LogP contribution in [0.2, 0.25) is 0 Å². The second kappa shape index (κ2) is 15.2. The zero-order chi connectivity index (χ0) is 27.4. The third-order valence-corrected chi connectivity index (χ3v) is 6.26. The molecule has 1 aliphatic heterocycles. The van der Waals surface area contributed by atoms with Crippen LogP contribution in [0.4, 0.5) is 0 Å². The topological polar surface area (TPSA) is 105 Å². The van der Waals surface area contributed by atoms with Gasteiger partial charge in [-0.3, -0.25) is 19.2 Å². The standard InChI is InChI=1S/C26H34Cl3N3O5/c1-3-4-12-22(33)31-21(14-13-19-9-6-5-7-10-19)23(34)30-18(2)24(35)32-15-8-11-20(16-32)25(36)37-17-26(27,28)29/h3-7,9-10,18,20-21H,8,11-17H2,1-2H3,(H,30,34)(H,31,33)/b4-3+/t18-,20?,21-/m0/s1. The van der Waals surface area contributed by atoms with Gasteiger partial charge >= 0.3 is 5.97 Å². The molecule has 0 saturated carbocycles. The number of esters is 1. The largest absolute Gasteiger partial charge is 0.461 e. The number of nitrogens with zero attached hydrogens (tertiary/aromatic N) is 1. The van der Waals surface area contributed by atoms with E-state index in [2.05, 4.69) is 10.6 Å². The average molecular weight is 575 g/mol. The van der Waals surface area contributed by atoms with Gasteiger partial charge in [0.15, 0.2) is 0 Å². The maximum Gasteiger partial charge on any atom is 0.310 e. The molecule has 1 heterocycles. The first-order valence-electron chi connectivity index (χ1n) is 12.3. The zero-order valence-electron chi connectivity index (χ0n) is 21.1. The van der Waals surface area contributed by atoms with Crippen LogP contribution in [0.25, 0.3) is 0 Å². The number of hydrogen-bond acceptors (Lipinski definition) is 5. The van der Waals surface area contributed by atoms with Gasteiger partial charge in [-0.05, 0) is 45.1 Å². The molecule has 1 fully saturated rings. The first-order chi connectivity index (χ1) is 17.5. The van der Waals surface area contributed by atoms with Crippen molar-refractivity contribution in [2.75, 3.05) is 19.7 Å². The maximum absolute atomic E-state index is 13.1. The minimum absolute atomic E-state index is 0.148. The summed E-state index contributed by atoms with van der Waals surface area (Å²) in [6.07, 6.45) is 5.72. The van der Waals surface area contributed by atoms with Crippen LogP contribution in [0.5, 0.6) is 0 Å². The van der Waals surface area contributed by atoms with E-state index in [0.29, 0.717) is 32.2 Å². The molecule has 0 bridgehead atoms. The Balaban J connectivity index is 1.98. The highest BCUT2D eigenvalue weighted by atomic mass is 35.6. The highest BCUT2D eigenvalue weighted by Crippen LogP contribution is 2.27. The summed E-state index contributed by atoms with van der Waals surface area (Å²) in [6, 6.07) is 7.98. The van der Waals surface area contributed by atoms with Crippen LogP contribution in [0, 0.1) is 5.92 Å². The van der Waals surface area contributed by atoms with Gasteiger partial charge in [0.25, 0.3) is 0 Å². The molecule has 11 heteroatoms. The van der Waals surface area contributed by atoms with Crippen molar-refractivity contribution in [2.45, 2.75) is 61.8 Å². The molecule has 2 N–H and O–H groups in total. The number of rotatable bonds is 11. The van der Waals surface area contributed by atoms with Gasteiger partial charge in [0.05, 0.1) is 5.92 Å². The monoisotopic (exact) mass is 573 g/mol. The molecule has 0 spiro atoms. The fourth-order valence-electron chi connectivity index (χ4n) is 3.99. The molecule has 204 valence electrons. The molecule has 1 unspecified atom stereocenters. The van der Waals surface area contributed by atoms with Crippen LogP contribution < -0.4 is 10.6 Å². The minimum Gasteiger partial charge on any atom is -0.461 e. The molecule has 37 heavy (non-hydrogen) atoms. The van der Waals surface area contributed by atoms with E-state index in [4.69, 9.17) is 39.5 Å². The number of benzene rings is 1. The third-order valence-electron chi connectivity index (χ3n) is 5.93. The molecule has 1 aromatic rings. The normalized spacial score (nSPS) is 17.6. The van der Waals surface area contributed by atoms with Gasteiger partial charge in [-0.25, -0.2) is 0 Å². The SMILES string of the molecule is C/C=C/CC(=O)N[C@@H](CCc1ccccc1)C(=O)N[C@@H](C)C(=O)N1CCCC(C(=O)OCC(Cl)(Cl)Cl)C1. The Morgan fingerprint density at radius 1 is 1.16 bits per heavy atom. The number of carbonyl (C=O) groups excluding carboxylic acids is 4. The number of aryl methyl sites for hydroxylation is 1. The molecular weight excluding hydrogens is 541 g/mol.